The van der Waals surface area contributed by atoms with Gasteiger partial charge in [0.25, 0.3) is 0 Å². The Morgan fingerprint density at radius 3 is 2.42 bits per heavy atom. The number of H-pyrrole nitrogens is 1. The third-order valence-electron chi connectivity index (χ3n) is 5.47. The highest BCUT2D eigenvalue weighted by Gasteiger charge is 2.17. The summed E-state index contributed by atoms with van der Waals surface area (Å²) in [5, 5.41) is 17.1. The molecule has 0 spiro atoms. The highest BCUT2D eigenvalue weighted by atomic mass is 32.2. The molecule has 9 heteroatoms. The Kier molecular flexibility index (Phi) is 6.88. The summed E-state index contributed by atoms with van der Waals surface area (Å²) in [5.74, 6) is 0.698. The van der Waals surface area contributed by atoms with Gasteiger partial charge in [-0.1, -0.05) is 6.07 Å². The summed E-state index contributed by atoms with van der Waals surface area (Å²) >= 11 is 0.998. The van der Waals surface area contributed by atoms with E-state index in [1.807, 2.05) is 12.1 Å². The molecule has 1 aliphatic rings. The van der Waals surface area contributed by atoms with E-state index < -0.39 is 5.97 Å². The number of nitrogens with zero attached hydrogens (tertiary/aromatic N) is 3. The van der Waals surface area contributed by atoms with Crippen molar-refractivity contribution in [3.05, 3.63) is 52.4 Å². The van der Waals surface area contributed by atoms with Gasteiger partial charge in [-0.25, -0.2) is 9.78 Å². The average Bonchev–Trinajstić information content (AvgIpc) is 3.51. The predicted molar refractivity (Wildman–Crippen MR) is 129 cm³/mol. The first-order valence-corrected chi connectivity index (χ1v) is 11.4. The van der Waals surface area contributed by atoms with Crippen molar-refractivity contribution in [1.29, 1.82) is 0 Å². The molecule has 3 aromatic rings. The summed E-state index contributed by atoms with van der Waals surface area (Å²) in [5.41, 5.74) is 3.89. The van der Waals surface area contributed by atoms with Crippen LogP contribution in [0.1, 0.15) is 24.0 Å². The lowest BCUT2D eigenvalue weighted by Crippen LogP contribution is -2.18. The van der Waals surface area contributed by atoms with Crippen LogP contribution >= 0.6 is 11.8 Å². The molecular formula is C24H26N4O4S. The van der Waals surface area contributed by atoms with Gasteiger partial charge in [-0.3, -0.25) is 5.10 Å². The van der Waals surface area contributed by atoms with E-state index in [0.29, 0.717) is 22.5 Å². The van der Waals surface area contributed by atoms with Gasteiger partial charge in [-0.05, 0) is 73.0 Å². The maximum absolute atomic E-state index is 11.9. The molecule has 2 N–H and O–H groups in total. The Morgan fingerprint density at radius 2 is 1.82 bits per heavy atom. The van der Waals surface area contributed by atoms with E-state index in [-0.39, 0.29) is 4.91 Å². The number of carboxylic acids is 1. The normalized spacial score (nSPS) is 13.9. The number of methoxy groups -OCH3 is 2. The zero-order valence-electron chi connectivity index (χ0n) is 18.8. The van der Waals surface area contributed by atoms with E-state index >= 15 is 0 Å². The number of rotatable bonds is 8. The maximum Gasteiger partial charge on any atom is 0.342 e. The molecule has 0 radical (unpaired) electrons. The van der Waals surface area contributed by atoms with E-state index in [4.69, 9.17) is 9.47 Å². The van der Waals surface area contributed by atoms with E-state index in [1.54, 1.807) is 38.5 Å². The number of aromatic nitrogens is 3. The van der Waals surface area contributed by atoms with E-state index in [2.05, 4.69) is 33.1 Å². The third kappa shape index (κ3) is 5.31. The number of benzene rings is 2. The summed E-state index contributed by atoms with van der Waals surface area (Å²) in [6.45, 7) is 4.19. The minimum absolute atomic E-state index is 0.136. The Hall–Kier alpha value is -3.46. The van der Waals surface area contributed by atoms with Crippen molar-refractivity contribution < 1.29 is 19.4 Å². The summed E-state index contributed by atoms with van der Waals surface area (Å²) < 4.78 is 10.6. The summed E-state index contributed by atoms with van der Waals surface area (Å²) in [6.07, 6.45) is 4.07. The largest absolute Gasteiger partial charge is 0.497 e. The van der Waals surface area contributed by atoms with Crippen LogP contribution in [-0.2, 0) is 4.79 Å². The molecule has 0 aliphatic carbocycles. The standard InChI is InChI=1S/C24H26N4O4S/c1-15-10-16(6-7-20(15)28-8-4-5-9-28)11-21(23(29)30)33-24-25-22(26-27-24)17-12-18(31-2)14-19(13-17)32-3/h6-7,10-14H,4-5,8-9H2,1-3H3,(H,29,30)(H,25,26,27)/b21-11+. The lowest BCUT2D eigenvalue weighted by Gasteiger charge is -2.20. The number of aryl methyl sites for hydroxylation is 1. The molecule has 1 aliphatic heterocycles. The Balaban J connectivity index is 1.56. The molecule has 1 saturated heterocycles. The molecule has 1 aromatic heterocycles. The molecule has 33 heavy (non-hydrogen) atoms. The van der Waals surface area contributed by atoms with Gasteiger partial charge in [0.15, 0.2) is 5.82 Å². The van der Waals surface area contributed by atoms with Crippen LogP contribution in [0.15, 0.2) is 46.5 Å². The van der Waals surface area contributed by atoms with Gasteiger partial charge in [0, 0.05) is 30.4 Å². The highest BCUT2D eigenvalue weighted by Crippen LogP contribution is 2.32. The Morgan fingerprint density at radius 1 is 1.12 bits per heavy atom. The number of thioether (sulfide) groups is 1. The average molecular weight is 467 g/mol. The second kappa shape index (κ2) is 9.99. The van der Waals surface area contributed by atoms with E-state index in [0.717, 1.165) is 41.5 Å². The molecule has 2 aromatic carbocycles. The zero-order chi connectivity index (χ0) is 23.4. The number of hydrogen-bond donors (Lipinski definition) is 2. The fourth-order valence-corrected chi connectivity index (χ4v) is 4.54. The van der Waals surface area contributed by atoms with Gasteiger partial charge in [0.2, 0.25) is 5.16 Å². The van der Waals surface area contributed by atoms with Crippen LogP contribution in [0, 0.1) is 6.92 Å². The number of carboxylic acid groups (broad SMARTS) is 1. The zero-order valence-corrected chi connectivity index (χ0v) is 19.6. The molecule has 0 amide bonds. The van der Waals surface area contributed by atoms with Crippen LogP contribution in [-0.4, -0.2) is 53.6 Å². The molecule has 0 atom stereocenters. The maximum atomic E-state index is 11.9. The van der Waals surface area contributed by atoms with Gasteiger partial charge in [0.1, 0.15) is 16.4 Å². The molecular weight excluding hydrogens is 440 g/mol. The van der Waals surface area contributed by atoms with Crippen molar-refractivity contribution in [2.45, 2.75) is 24.9 Å². The van der Waals surface area contributed by atoms with E-state index in [9.17, 15) is 9.90 Å². The topological polar surface area (TPSA) is 101 Å². The fourth-order valence-electron chi connectivity index (χ4n) is 3.83. The molecule has 0 saturated carbocycles. The minimum atomic E-state index is -1.03. The molecule has 4 rings (SSSR count). The first-order chi connectivity index (χ1) is 16.0. The smallest absolute Gasteiger partial charge is 0.342 e. The number of aromatic amines is 1. The highest BCUT2D eigenvalue weighted by molar-refractivity contribution is 8.04. The predicted octanol–water partition coefficient (Wildman–Crippen LogP) is 4.62. The van der Waals surface area contributed by atoms with Crippen molar-refractivity contribution in [3.63, 3.8) is 0 Å². The van der Waals surface area contributed by atoms with Crippen LogP contribution in [0.2, 0.25) is 0 Å². The van der Waals surface area contributed by atoms with Crippen LogP contribution in [0.3, 0.4) is 0 Å². The second-order valence-electron chi connectivity index (χ2n) is 7.72. The van der Waals surface area contributed by atoms with Gasteiger partial charge >= 0.3 is 5.97 Å². The van der Waals surface area contributed by atoms with Gasteiger partial charge in [0.05, 0.1) is 14.2 Å². The van der Waals surface area contributed by atoms with E-state index in [1.165, 1.54) is 18.5 Å². The number of anilines is 1. The quantitative estimate of drug-likeness (QED) is 0.367. The van der Waals surface area contributed by atoms with Crippen LogP contribution in [0.25, 0.3) is 17.5 Å². The first-order valence-electron chi connectivity index (χ1n) is 10.6. The summed E-state index contributed by atoms with van der Waals surface area (Å²) in [7, 11) is 3.15. The number of carbonyl (C=O) groups is 1. The molecule has 8 nitrogen and oxygen atoms in total. The molecule has 1 fully saturated rings. The lowest BCUT2D eigenvalue weighted by atomic mass is 10.1. The van der Waals surface area contributed by atoms with Gasteiger partial charge < -0.3 is 19.5 Å². The summed E-state index contributed by atoms with van der Waals surface area (Å²) in [4.78, 5) is 18.9. The molecule has 172 valence electrons. The van der Waals surface area contributed by atoms with Gasteiger partial charge in [-0.15, -0.1) is 5.10 Å². The third-order valence-corrected chi connectivity index (χ3v) is 6.34. The number of aliphatic carboxylic acids is 1. The Labute approximate surface area is 196 Å². The number of nitrogens with one attached hydrogen (secondary N) is 1. The van der Waals surface area contributed by atoms with Crippen molar-refractivity contribution in [2.75, 3.05) is 32.2 Å². The lowest BCUT2D eigenvalue weighted by molar-refractivity contribution is -0.131. The molecule has 0 bridgehead atoms. The monoisotopic (exact) mass is 466 g/mol. The van der Waals surface area contributed by atoms with Crippen molar-refractivity contribution in [2.24, 2.45) is 0 Å². The molecule has 2 heterocycles. The first kappa shape index (κ1) is 22.7. The fraction of sp³-hybridized carbons (Fsp3) is 0.292. The number of hydrogen-bond acceptors (Lipinski definition) is 7. The second-order valence-corrected chi connectivity index (χ2v) is 8.73. The number of ether oxygens (including phenoxy) is 2. The van der Waals surface area contributed by atoms with Crippen molar-refractivity contribution >= 4 is 29.5 Å². The van der Waals surface area contributed by atoms with Crippen LogP contribution in [0.4, 0.5) is 5.69 Å². The minimum Gasteiger partial charge on any atom is -0.497 e. The molecule has 0 unspecified atom stereocenters. The van der Waals surface area contributed by atoms with Gasteiger partial charge in [-0.2, -0.15) is 0 Å². The Bertz CT molecular complexity index is 1160. The van der Waals surface area contributed by atoms with Crippen molar-refractivity contribution in [1.82, 2.24) is 15.2 Å². The van der Waals surface area contributed by atoms with Crippen LogP contribution in [0.5, 0.6) is 11.5 Å². The van der Waals surface area contributed by atoms with Crippen LogP contribution < -0.4 is 14.4 Å². The summed E-state index contributed by atoms with van der Waals surface area (Å²) in [6, 6.07) is 11.4. The SMILES string of the molecule is COc1cc(OC)cc(-c2nc(S/C(=C/c3ccc(N4CCCC4)c(C)c3)C(=O)O)n[nH]2)c1. The van der Waals surface area contributed by atoms with Crippen molar-refractivity contribution in [3.8, 4) is 22.9 Å².